The van der Waals surface area contributed by atoms with Crippen LogP contribution in [0.25, 0.3) is 0 Å². The predicted octanol–water partition coefficient (Wildman–Crippen LogP) is 2.62. The van der Waals surface area contributed by atoms with E-state index in [1.807, 2.05) is 18.5 Å². The Hall–Kier alpha value is -1.61. The summed E-state index contributed by atoms with van der Waals surface area (Å²) in [5.74, 6) is 0. The molecular formula is C15H21N3. The zero-order valence-electron chi connectivity index (χ0n) is 11.1. The SMILES string of the molecule is CC(C)NCc1ccn(CCc2cccnc2)c1. The first-order valence-electron chi connectivity index (χ1n) is 6.51. The van der Waals surface area contributed by atoms with Gasteiger partial charge in [-0.25, -0.2) is 0 Å². The number of nitrogens with one attached hydrogen (secondary N) is 1. The lowest BCUT2D eigenvalue weighted by atomic mass is 10.2. The Morgan fingerprint density at radius 2 is 2.17 bits per heavy atom. The summed E-state index contributed by atoms with van der Waals surface area (Å²) in [5.41, 5.74) is 2.63. The van der Waals surface area contributed by atoms with Crippen LogP contribution in [0.1, 0.15) is 25.0 Å². The predicted molar refractivity (Wildman–Crippen MR) is 74.3 cm³/mol. The van der Waals surface area contributed by atoms with Crippen molar-refractivity contribution < 1.29 is 0 Å². The smallest absolute Gasteiger partial charge is 0.0300 e. The molecule has 0 spiro atoms. The number of hydrogen-bond acceptors (Lipinski definition) is 2. The third kappa shape index (κ3) is 4.00. The summed E-state index contributed by atoms with van der Waals surface area (Å²) in [6.45, 7) is 6.28. The molecule has 3 nitrogen and oxygen atoms in total. The Kier molecular flexibility index (Phi) is 4.53. The molecule has 2 aromatic heterocycles. The van der Waals surface area contributed by atoms with Crippen LogP contribution in [-0.2, 0) is 19.5 Å². The summed E-state index contributed by atoms with van der Waals surface area (Å²) in [5, 5.41) is 3.43. The van der Waals surface area contributed by atoms with E-state index < -0.39 is 0 Å². The molecule has 0 aliphatic carbocycles. The Morgan fingerprint density at radius 3 is 2.89 bits per heavy atom. The van der Waals surface area contributed by atoms with Crippen LogP contribution in [0.3, 0.4) is 0 Å². The summed E-state index contributed by atoms with van der Waals surface area (Å²) in [4.78, 5) is 4.13. The van der Waals surface area contributed by atoms with Crippen molar-refractivity contribution in [3.8, 4) is 0 Å². The van der Waals surface area contributed by atoms with Crippen molar-refractivity contribution in [1.82, 2.24) is 14.9 Å². The highest BCUT2D eigenvalue weighted by Crippen LogP contribution is 2.04. The highest BCUT2D eigenvalue weighted by atomic mass is 14.9. The normalized spacial score (nSPS) is 11.1. The van der Waals surface area contributed by atoms with Crippen molar-refractivity contribution in [3.63, 3.8) is 0 Å². The van der Waals surface area contributed by atoms with Crippen LogP contribution >= 0.6 is 0 Å². The monoisotopic (exact) mass is 243 g/mol. The average Bonchev–Trinajstić information content (AvgIpc) is 2.83. The van der Waals surface area contributed by atoms with Gasteiger partial charge in [0.1, 0.15) is 0 Å². The molecule has 0 atom stereocenters. The first-order valence-corrected chi connectivity index (χ1v) is 6.51. The molecule has 1 N–H and O–H groups in total. The molecule has 0 saturated heterocycles. The van der Waals surface area contributed by atoms with Crippen LogP contribution in [-0.4, -0.2) is 15.6 Å². The number of aromatic nitrogens is 2. The molecule has 0 saturated carbocycles. The van der Waals surface area contributed by atoms with Crippen molar-refractivity contribution in [3.05, 3.63) is 54.1 Å². The maximum absolute atomic E-state index is 4.13. The Morgan fingerprint density at radius 1 is 1.28 bits per heavy atom. The summed E-state index contributed by atoms with van der Waals surface area (Å²) >= 11 is 0. The molecule has 0 radical (unpaired) electrons. The molecule has 0 unspecified atom stereocenters. The molecule has 0 aromatic carbocycles. The topological polar surface area (TPSA) is 29.9 Å². The second-order valence-corrected chi connectivity index (χ2v) is 4.90. The molecule has 0 bridgehead atoms. The fourth-order valence-electron chi connectivity index (χ4n) is 1.86. The quantitative estimate of drug-likeness (QED) is 0.845. The van der Waals surface area contributed by atoms with Gasteiger partial charge < -0.3 is 9.88 Å². The van der Waals surface area contributed by atoms with E-state index in [1.165, 1.54) is 11.1 Å². The van der Waals surface area contributed by atoms with Crippen LogP contribution < -0.4 is 5.32 Å². The molecule has 0 amide bonds. The highest BCUT2D eigenvalue weighted by molar-refractivity contribution is 5.12. The molecule has 0 fully saturated rings. The van der Waals surface area contributed by atoms with Crippen LogP contribution in [0.2, 0.25) is 0 Å². The average molecular weight is 243 g/mol. The first-order chi connectivity index (χ1) is 8.74. The maximum Gasteiger partial charge on any atom is 0.0300 e. The Balaban J connectivity index is 1.83. The van der Waals surface area contributed by atoms with E-state index in [9.17, 15) is 0 Å². The van der Waals surface area contributed by atoms with Gasteiger partial charge in [-0.05, 0) is 29.7 Å². The Labute approximate surface area is 109 Å². The van der Waals surface area contributed by atoms with Crippen LogP contribution in [0.15, 0.2) is 43.0 Å². The number of hydrogen-bond donors (Lipinski definition) is 1. The lowest BCUT2D eigenvalue weighted by molar-refractivity contribution is 0.587. The van der Waals surface area contributed by atoms with E-state index in [2.05, 4.69) is 53.2 Å². The van der Waals surface area contributed by atoms with Crippen molar-refractivity contribution in [2.75, 3.05) is 0 Å². The fraction of sp³-hybridized carbons (Fsp3) is 0.400. The number of pyridine rings is 1. The van der Waals surface area contributed by atoms with Gasteiger partial charge in [0.2, 0.25) is 0 Å². The second-order valence-electron chi connectivity index (χ2n) is 4.90. The van der Waals surface area contributed by atoms with Gasteiger partial charge in [0, 0.05) is 43.9 Å². The molecule has 18 heavy (non-hydrogen) atoms. The van der Waals surface area contributed by atoms with Gasteiger partial charge in [0.05, 0.1) is 0 Å². The zero-order chi connectivity index (χ0) is 12.8. The summed E-state index contributed by atoms with van der Waals surface area (Å²) in [6, 6.07) is 6.82. The van der Waals surface area contributed by atoms with Gasteiger partial charge in [-0.1, -0.05) is 19.9 Å². The van der Waals surface area contributed by atoms with E-state index in [0.717, 1.165) is 19.5 Å². The maximum atomic E-state index is 4.13. The van der Waals surface area contributed by atoms with Gasteiger partial charge in [-0.15, -0.1) is 0 Å². The summed E-state index contributed by atoms with van der Waals surface area (Å²) in [6.07, 6.45) is 9.14. The first kappa shape index (κ1) is 12.8. The third-order valence-corrected chi connectivity index (χ3v) is 2.91. The van der Waals surface area contributed by atoms with Crippen molar-refractivity contribution in [1.29, 1.82) is 0 Å². The number of nitrogens with zero attached hydrogens (tertiary/aromatic N) is 2. The minimum absolute atomic E-state index is 0.531. The van der Waals surface area contributed by atoms with Gasteiger partial charge in [-0.3, -0.25) is 4.98 Å². The molecule has 0 aliphatic rings. The molecule has 0 aliphatic heterocycles. The molecule has 3 heteroatoms. The van der Waals surface area contributed by atoms with Crippen molar-refractivity contribution in [2.45, 2.75) is 39.4 Å². The van der Waals surface area contributed by atoms with Gasteiger partial charge in [0.15, 0.2) is 0 Å². The van der Waals surface area contributed by atoms with E-state index in [-0.39, 0.29) is 0 Å². The lowest BCUT2D eigenvalue weighted by Gasteiger charge is -2.06. The zero-order valence-corrected chi connectivity index (χ0v) is 11.1. The highest BCUT2D eigenvalue weighted by Gasteiger charge is 1.99. The van der Waals surface area contributed by atoms with E-state index in [4.69, 9.17) is 0 Å². The van der Waals surface area contributed by atoms with E-state index in [1.54, 1.807) is 0 Å². The molecule has 96 valence electrons. The molecule has 2 aromatic rings. The van der Waals surface area contributed by atoms with Crippen LogP contribution in [0.5, 0.6) is 0 Å². The summed E-state index contributed by atoms with van der Waals surface area (Å²) < 4.78 is 2.24. The van der Waals surface area contributed by atoms with Gasteiger partial charge >= 0.3 is 0 Å². The van der Waals surface area contributed by atoms with Crippen LogP contribution in [0, 0.1) is 0 Å². The van der Waals surface area contributed by atoms with Crippen molar-refractivity contribution in [2.24, 2.45) is 0 Å². The largest absolute Gasteiger partial charge is 0.354 e. The molecule has 2 heterocycles. The number of rotatable bonds is 6. The minimum atomic E-state index is 0.531. The van der Waals surface area contributed by atoms with E-state index in [0.29, 0.717) is 6.04 Å². The number of aryl methyl sites for hydroxylation is 2. The van der Waals surface area contributed by atoms with E-state index >= 15 is 0 Å². The molecular weight excluding hydrogens is 222 g/mol. The van der Waals surface area contributed by atoms with Gasteiger partial charge in [-0.2, -0.15) is 0 Å². The summed E-state index contributed by atoms with van der Waals surface area (Å²) in [7, 11) is 0. The van der Waals surface area contributed by atoms with Crippen LogP contribution in [0.4, 0.5) is 0 Å². The van der Waals surface area contributed by atoms with Crippen molar-refractivity contribution >= 4 is 0 Å². The Bertz CT molecular complexity index is 460. The van der Waals surface area contributed by atoms with Gasteiger partial charge in [0.25, 0.3) is 0 Å². The lowest BCUT2D eigenvalue weighted by Crippen LogP contribution is -2.21. The fourth-order valence-corrected chi connectivity index (χ4v) is 1.86. The minimum Gasteiger partial charge on any atom is -0.354 e. The molecule has 2 rings (SSSR count). The third-order valence-electron chi connectivity index (χ3n) is 2.91. The second kappa shape index (κ2) is 6.36. The standard InChI is InChI=1S/C15H21N3/c1-13(2)17-11-15-6-9-18(12-15)8-5-14-4-3-7-16-10-14/h3-4,6-7,9-10,12-13,17H,5,8,11H2,1-2H3.